The van der Waals surface area contributed by atoms with E-state index < -0.39 is 0 Å². The predicted octanol–water partition coefficient (Wildman–Crippen LogP) is 2.96. The normalized spacial score (nSPS) is 18.1. The summed E-state index contributed by atoms with van der Waals surface area (Å²) >= 11 is 1.64. The fraction of sp³-hybridized carbons (Fsp3) is 0.611. The van der Waals surface area contributed by atoms with Gasteiger partial charge in [-0.15, -0.1) is 36.2 Å². The Morgan fingerprint density at radius 3 is 2.63 bits per heavy atom. The Hall–Kier alpha value is -1.15. The van der Waals surface area contributed by atoms with Crippen LogP contribution in [0, 0.1) is 5.92 Å². The lowest BCUT2D eigenvalue weighted by atomic mass is 9.93. The molecule has 2 aromatic rings. The van der Waals surface area contributed by atoms with Gasteiger partial charge in [0.2, 0.25) is 5.91 Å². The third-order valence-electron chi connectivity index (χ3n) is 5.40. The molecule has 0 saturated carbocycles. The highest BCUT2D eigenvalue weighted by Crippen LogP contribution is 2.27. The molecule has 2 aliphatic heterocycles. The van der Waals surface area contributed by atoms with Crippen LogP contribution < -0.4 is 10.2 Å². The lowest BCUT2D eigenvalue weighted by molar-refractivity contribution is -0.131. The minimum Gasteiger partial charge on any atom is -0.352 e. The number of thiophene rings is 1. The molecule has 4 heterocycles. The maximum Gasteiger partial charge on any atom is 0.222 e. The molecule has 4 rings (SSSR count). The molecule has 2 saturated heterocycles. The Kier molecular flexibility index (Phi) is 8.54. The number of piperazine rings is 1. The van der Waals surface area contributed by atoms with Crippen molar-refractivity contribution in [2.45, 2.75) is 25.7 Å². The summed E-state index contributed by atoms with van der Waals surface area (Å²) in [4.78, 5) is 26.7. The van der Waals surface area contributed by atoms with Crippen molar-refractivity contribution in [1.29, 1.82) is 0 Å². The molecule has 2 fully saturated rings. The van der Waals surface area contributed by atoms with Gasteiger partial charge in [-0.3, -0.25) is 4.79 Å². The Morgan fingerprint density at radius 1 is 1.15 bits per heavy atom. The molecule has 9 heteroatoms. The van der Waals surface area contributed by atoms with Crippen LogP contribution in [0.25, 0.3) is 10.2 Å². The van der Waals surface area contributed by atoms with Gasteiger partial charge in [0, 0.05) is 32.6 Å². The molecule has 27 heavy (non-hydrogen) atoms. The Balaban J connectivity index is 0.00000131. The largest absolute Gasteiger partial charge is 0.352 e. The number of hydrogen-bond donors (Lipinski definition) is 1. The van der Waals surface area contributed by atoms with Gasteiger partial charge in [0.15, 0.2) is 0 Å². The molecule has 2 aliphatic rings. The number of fused-ring (bicyclic) bond motifs is 1. The van der Waals surface area contributed by atoms with Gasteiger partial charge in [0.25, 0.3) is 0 Å². The number of halogens is 2. The number of anilines is 1. The summed E-state index contributed by atoms with van der Waals surface area (Å²) in [6.07, 6.45) is 5.82. The van der Waals surface area contributed by atoms with E-state index >= 15 is 0 Å². The van der Waals surface area contributed by atoms with Crippen LogP contribution in [0.1, 0.15) is 25.7 Å². The molecule has 0 aliphatic carbocycles. The number of carbonyl (C=O) groups excluding carboxylic acids is 1. The van der Waals surface area contributed by atoms with Gasteiger partial charge in [0.1, 0.15) is 17.0 Å². The number of carbonyl (C=O) groups is 1. The zero-order valence-corrected chi connectivity index (χ0v) is 17.8. The van der Waals surface area contributed by atoms with E-state index in [4.69, 9.17) is 0 Å². The second kappa shape index (κ2) is 10.4. The second-order valence-corrected chi connectivity index (χ2v) is 7.83. The summed E-state index contributed by atoms with van der Waals surface area (Å²) in [5, 5.41) is 6.57. The minimum absolute atomic E-state index is 0. The molecule has 0 bridgehead atoms. The first-order valence-corrected chi connectivity index (χ1v) is 10.1. The van der Waals surface area contributed by atoms with Gasteiger partial charge in [-0.2, -0.15) is 0 Å². The average Bonchev–Trinajstić information content (AvgIpc) is 3.16. The first kappa shape index (κ1) is 22.1. The van der Waals surface area contributed by atoms with Crippen molar-refractivity contribution in [3.63, 3.8) is 0 Å². The molecule has 0 atom stereocenters. The molecular formula is C18H27Cl2N5OS. The van der Waals surface area contributed by atoms with Crippen LogP contribution in [0.3, 0.4) is 0 Å². The van der Waals surface area contributed by atoms with E-state index in [1.807, 2.05) is 4.90 Å². The third-order valence-corrected chi connectivity index (χ3v) is 6.22. The van der Waals surface area contributed by atoms with E-state index in [2.05, 4.69) is 31.6 Å². The van der Waals surface area contributed by atoms with E-state index in [1.165, 1.54) is 12.8 Å². The van der Waals surface area contributed by atoms with Gasteiger partial charge >= 0.3 is 0 Å². The Morgan fingerprint density at radius 2 is 1.89 bits per heavy atom. The number of rotatable bonds is 4. The topological polar surface area (TPSA) is 61.4 Å². The number of nitrogens with one attached hydrogen (secondary N) is 1. The van der Waals surface area contributed by atoms with Crippen LogP contribution in [-0.2, 0) is 4.79 Å². The molecule has 0 spiro atoms. The van der Waals surface area contributed by atoms with Gasteiger partial charge in [-0.25, -0.2) is 9.97 Å². The molecule has 150 valence electrons. The van der Waals surface area contributed by atoms with Gasteiger partial charge in [0.05, 0.1) is 5.39 Å². The summed E-state index contributed by atoms with van der Waals surface area (Å²) < 4.78 is 0. The summed E-state index contributed by atoms with van der Waals surface area (Å²) in [5.74, 6) is 2.05. The molecule has 1 N–H and O–H groups in total. The van der Waals surface area contributed by atoms with Gasteiger partial charge in [-0.05, 0) is 49.7 Å². The third kappa shape index (κ3) is 5.22. The summed E-state index contributed by atoms with van der Waals surface area (Å²) in [6, 6.07) is 2.09. The quantitative estimate of drug-likeness (QED) is 0.805. The van der Waals surface area contributed by atoms with Crippen LogP contribution in [0.4, 0.5) is 5.82 Å². The van der Waals surface area contributed by atoms with Crippen LogP contribution >= 0.6 is 36.2 Å². The second-order valence-electron chi connectivity index (χ2n) is 6.94. The van der Waals surface area contributed by atoms with Crippen LogP contribution in [0.5, 0.6) is 0 Å². The smallest absolute Gasteiger partial charge is 0.222 e. The highest BCUT2D eigenvalue weighted by Gasteiger charge is 2.24. The van der Waals surface area contributed by atoms with E-state index in [0.29, 0.717) is 12.3 Å². The number of nitrogens with zero attached hydrogens (tertiary/aromatic N) is 4. The van der Waals surface area contributed by atoms with Crippen molar-refractivity contribution in [2.24, 2.45) is 5.92 Å². The zero-order valence-electron chi connectivity index (χ0n) is 15.3. The lowest BCUT2D eigenvalue weighted by Gasteiger charge is -2.36. The van der Waals surface area contributed by atoms with Crippen molar-refractivity contribution >= 4 is 58.1 Å². The zero-order chi connectivity index (χ0) is 17.1. The maximum absolute atomic E-state index is 12.5. The summed E-state index contributed by atoms with van der Waals surface area (Å²) in [7, 11) is 0. The minimum atomic E-state index is 0. The van der Waals surface area contributed by atoms with E-state index in [9.17, 15) is 4.79 Å². The number of aromatic nitrogens is 2. The number of hydrogen-bond acceptors (Lipinski definition) is 6. The molecule has 1 amide bonds. The van der Waals surface area contributed by atoms with Gasteiger partial charge in [-0.1, -0.05) is 0 Å². The molecule has 0 unspecified atom stereocenters. The van der Waals surface area contributed by atoms with Crippen LogP contribution in [0.15, 0.2) is 17.8 Å². The molecule has 0 aromatic carbocycles. The SMILES string of the molecule is Cl.Cl.O=C(CCC1CCNCC1)N1CCN(c2ncnc3sccc23)CC1. The fourth-order valence-electron chi connectivity index (χ4n) is 3.85. The Bertz CT molecular complexity index is 729. The molecule has 0 radical (unpaired) electrons. The van der Waals surface area contributed by atoms with E-state index in [0.717, 1.165) is 67.6 Å². The standard InChI is InChI=1S/C18H25N5OS.2ClH/c24-16(2-1-14-3-6-19-7-4-14)22-8-10-23(11-9-22)17-15-5-12-25-18(15)21-13-20-17;;/h5,12-14,19H,1-4,6-11H2;2*1H. The predicted molar refractivity (Wildman–Crippen MR) is 116 cm³/mol. The van der Waals surface area contributed by atoms with E-state index in [1.54, 1.807) is 17.7 Å². The summed E-state index contributed by atoms with van der Waals surface area (Å²) in [5.41, 5.74) is 0. The van der Waals surface area contributed by atoms with Crippen LogP contribution in [-0.4, -0.2) is 60.0 Å². The molecular weight excluding hydrogens is 405 g/mol. The molecule has 2 aromatic heterocycles. The number of amides is 1. The van der Waals surface area contributed by atoms with Crippen molar-refractivity contribution < 1.29 is 4.79 Å². The van der Waals surface area contributed by atoms with Crippen molar-refractivity contribution in [2.75, 3.05) is 44.2 Å². The highest BCUT2D eigenvalue weighted by atomic mass is 35.5. The lowest BCUT2D eigenvalue weighted by Crippen LogP contribution is -2.49. The number of piperidine rings is 1. The first-order chi connectivity index (χ1) is 12.3. The van der Waals surface area contributed by atoms with E-state index in [-0.39, 0.29) is 24.8 Å². The fourth-order valence-corrected chi connectivity index (χ4v) is 4.58. The maximum atomic E-state index is 12.5. The van der Waals surface area contributed by atoms with Crippen molar-refractivity contribution in [3.8, 4) is 0 Å². The summed E-state index contributed by atoms with van der Waals surface area (Å²) in [6.45, 7) is 5.49. The highest BCUT2D eigenvalue weighted by molar-refractivity contribution is 7.16. The first-order valence-electron chi connectivity index (χ1n) is 9.23. The van der Waals surface area contributed by atoms with Crippen molar-refractivity contribution in [3.05, 3.63) is 17.8 Å². The van der Waals surface area contributed by atoms with Crippen LogP contribution in [0.2, 0.25) is 0 Å². The average molecular weight is 432 g/mol. The van der Waals surface area contributed by atoms with Crippen molar-refractivity contribution in [1.82, 2.24) is 20.2 Å². The molecule has 6 nitrogen and oxygen atoms in total. The monoisotopic (exact) mass is 431 g/mol. The Labute approximate surface area is 176 Å². The van der Waals surface area contributed by atoms with Gasteiger partial charge < -0.3 is 15.1 Å².